The number of aryl methyl sites for hydroxylation is 3. The van der Waals surface area contributed by atoms with Crippen LogP contribution in [0, 0.1) is 19.8 Å². The van der Waals surface area contributed by atoms with Gasteiger partial charge in [0.2, 0.25) is 5.13 Å². The molecule has 0 aromatic carbocycles. The van der Waals surface area contributed by atoms with E-state index < -0.39 is 0 Å². The van der Waals surface area contributed by atoms with Gasteiger partial charge < -0.3 is 5.32 Å². The quantitative estimate of drug-likeness (QED) is 0.860. The van der Waals surface area contributed by atoms with Gasteiger partial charge in [0.25, 0.3) is 0 Å². The van der Waals surface area contributed by atoms with Gasteiger partial charge in [0.1, 0.15) is 5.01 Å². The molecule has 20 heavy (non-hydrogen) atoms. The molecular weight excluding hydrogens is 338 g/mol. The number of hydrogen-bond acceptors (Lipinski definition) is 5. The Balaban J connectivity index is 1.92. The number of rotatable bonds is 6. The van der Waals surface area contributed by atoms with Gasteiger partial charge in [-0.2, -0.15) is 5.10 Å². The summed E-state index contributed by atoms with van der Waals surface area (Å²) in [5.41, 5.74) is 2.18. The Labute approximate surface area is 131 Å². The maximum atomic E-state index is 4.50. The summed E-state index contributed by atoms with van der Waals surface area (Å²) < 4.78 is 3.11. The lowest BCUT2D eigenvalue weighted by Crippen LogP contribution is -2.07. The Morgan fingerprint density at radius 3 is 2.65 bits per heavy atom. The maximum absolute atomic E-state index is 4.50. The van der Waals surface area contributed by atoms with Crippen LogP contribution in [0.25, 0.3) is 0 Å². The summed E-state index contributed by atoms with van der Waals surface area (Å²) >= 11 is 5.17. The topological polar surface area (TPSA) is 55.6 Å². The third kappa shape index (κ3) is 3.79. The van der Waals surface area contributed by atoms with Gasteiger partial charge in [0.05, 0.1) is 10.2 Å². The van der Waals surface area contributed by atoms with E-state index in [9.17, 15) is 0 Å². The van der Waals surface area contributed by atoms with Crippen LogP contribution in [0.5, 0.6) is 0 Å². The molecule has 0 unspecified atom stereocenters. The van der Waals surface area contributed by atoms with Crippen LogP contribution in [0.1, 0.15) is 30.2 Å². The molecule has 1 N–H and O–H groups in total. The minimum absolute atomic E-state index is 0.606. The van der Waals surface area contributed by atoms with Crippen molar-refractivity contribution in [3.05, 3.63) is 20.9 Å². The fraction of sp³-hybridized carbons (Fsp3) is 0.615. The van der Waals surface area contributed by atoms with E-state index in [0.29, 0.717) is 5.92 Å². The van der Waals surface area contributed by atoms with Crippen molar-refractivity contribution in [2.24, 2.45) is 5.92 Å². The number of aromatic nitrogens is 4. The van der Waals surface area contributed by atoms with E-state index in [1.165, 1.54) is 0 Å². The lowest BCUT2D eigenvalue weighted by Gasteiger charge is -2.03. The van der Waals surface area contributed by atoms with Gasteiger partial charge in [0, 0.05) is 25.2 Å². The maximum Gasteiger partial charge on any atom is 0.205 e. The third-order valence-corrected chi connectivity index (χ3v) is 5.05. The van der Waals surface area contributed by atoms with Crippen LogP contribution in [-0.4, -0.2) is 26.5 Å². The first-order valence-electron chi connectivity index (χ1n) is 6.73. The van der Waals surface area contributed by atoms with E-state index in [-0.39, 0.29) is 0 Å². The lowest BCUT2D eigenvalue weighted by atomic mass is 10.2. The fourth-order valence-corrected chi connectivity index (χ4v) is 2.83. The van der Waals surface area contributed by atoms with Gasteiger partial charge in [-0.15, -0.1) is 10.2 Å². The Bertz CT molecular complexity index is 575. The Morgan fingerprint density at radius 2 is 2.05 bits per heavy atom. The predicted octanol–water partition coefficient (Wildman–Crippen LogP) is 3.42. The zero-order valence-electron chi connectivity index (χ0n) is 12.3. The summed E-state index contributed by atoms with van der Waals surface area (Å²) in [5, 5.41) is 18.1. The molecule has 2 rings (SSSR count). The van der Waals surface area contributed by atoms with Crippen LogP contribution in [-0.2, 0) is 13.0 Å². The van der Waals surface area contributed by atoms with Crippen molar-refractivity contribution in [2.75, 3.05) is 11.9 Å². The summed E-state index contributed by atoms with van der Waals surface area (Å²) in [6, 6.07) is 0. The average Bonchev–Trinajstić information content (AvgIpc) is 2.95. The smallest absolute Gasteiger partial charge is 0.205 e. The molecule has 0 saturated heterocycles. The number of anilines is 1. The second kappa shape index (κ2) is 6.67. The highest BCUT2D eigenvalue weighted by Crippen LogP contribution is 2.21. The molecule has 0 aliphatic carbocycles. The summed E-state index contributed by atoms with van der Waals surface area (Å²) in [6.45, 7) is 10.2. The first-order valence-corrected chi connectivity index (χ1v) is 8.34. The van der Waals surface area contributed by atoms with Crippen molar-refractivity contribution in [2.45, 2.75) is 40.7 Å². The Hall–Kier alpha value is -0.950. The number of nitrogens with one attached hydrogen (secondary N) is 1. The molecular formula is C13H20BrN5S. The van der Waals surface area contributed by atoms with E-state index in [1.807, 2.05) is 11.6 Å². The van der Waals surface area contributed by atoms with Gasteiger partial charge in [-0.05, 0) is 35.7 Å². The fourth-order valence-electron chi connectivity index (χ4n) is 1.81. The molecule has 2 heterocycles. The first-order chi connectivity index (χ1) is 9.47. The number of hydrogen-bond donors (Lipinski definition) is 1. The normalized spacial score (nSPS) is 11.3. The van der Waals surface area contributed by atoms with Gasteiger partial charge in [-0.1, -0.05) is 25.2 Å². The molecule has 0 fully saturated rings. The summed E-state index contributed by atoms with van der Waals surface area (Å²) in [4.78, 5) is 0. The summed E-state index contributed by atoms with van der Waals surface area (Å²) in [6.07, 6.45) is 0.857. The zero-order chi connectivity index (χ0) is 14.7. The van der Waals surface area contributed by atoms with Crippen molar-refractivity contribution in [1.29, 1.82) is 0 Å². The minimum Gasteiger partial charge on any atom is -0.360 e. The molecule has 0 spiro atoms. The average molecular weight is 358 g/mol. The van der Waals surface area contributed by atoms with E-state index in [0.717, 1.165) is 45.5 Å². The molecule has 2 aromatic rings. The second-order valence-corrected chi connectivity index (χ2v) is 7.09. The number of nitrogens with zero attached hydrogens (tertiary/aromatic N) is 4. The van der Waals surface area contributed by atoms with Crippen molar-refractivity contribution >= 4 is 32.4 Å². The second-order valence-electron chi connectivity index (χ2n) is 5.23. The summed E-state index contributed by atoms with van der Waals surface area (Å²) in [5.74, 6) is 0.606. The van der Waals surface area contributed by atoms with Crippen molar-refractivity contribution < 1.29 is 0 Å². The van der Waals surface area contributed by atoms with Gasteiger partial charge in [-0.25, -0.2) is 0 Å². The van der Waals surface area contributed by atoms with Gasteiger partial charge >= 0.3 is 0 Å². The van der Waals surface area contributed by atoms with Crippen molar-refractivity contribution in [1.82, 2.24) is 20.0 Å². The molecule has 7 heteroatoms. The van der Waals surface area contributed by atoms with Gasteiger partial charge in [0.15, 0.2) is 0 Å². The first kappa shape index (κ1) is 15.4. The monoisotopic (exact) mass is 357 g/mol. The SMILES string of the molecule is Cc1nn(CCc2nnc(NCC(C)C)s2)c(C)c1Br. The molecule has 0 aliphatic rings. The van der Waals surface area contributed by atoms with Crippen molar-refractivity contribution in [3.63, 3.8) is 0 Å². The molecule has 110 valence electrons. The van der Waals surface area contributed by atoms with E-state index >= 15 is 0 Å². The highest BCUT2D eigenvalue weighted by Gasteiger charge is 2.10. The summed E-state index contributed by atoms with van der Waals surface area (Å²) in [7, 11) is 0. The Kier molecular flexibility index (Phi) is 5.15. The molecule has 2 aromatic heterocycles. The molecule has 0 amide bonds. The molecule has 0 aliphatic heterocycles. The van der Waals surface area contributed by atoms with Crippen LogP contribution in [0.3, 0.4) is 0 Å². The Morgan fingerprint density at radius 1 is 1.30 bits per heavy atom. The molecule has 0 atom stereocenters. The zero-order valence-corrected chi connectivity index (χ0v) is 14.7. The van der Waals surface area contributed by atoms with Crippen molar-refractivity contribution in [3.8, 4) is 0 Å². The minimum atomic E-state index is 0.606. The largest absolute Gasteiger partial charge is 0.360 e. The van der Waals surface area contributed by atoms with E-state index in [2.05, 4.69) is 57.3 Å². The molecule has 0 radical (unpaired) electrons. The molecule has 5 nitrogen and oxygen atoms in total. The van der Waals surface area contributed by atoms with Crippen LogP contribution in [0.15, 0.2) is 4.47 Å². The highest BCUT2D eigenvalue weighted by molar-refractivity contribution is 9.10. The lowest BCUT2D eigenvalue weighted by molar-refractivity contribution is 0.591. The standard InChI is InChI=1S/C13H20BrN5S/c1-8(2)7-15-13-17-16-11(20-13)5-6-19-10(4)12(14)9(3)18-19/h8H,5-7H2,1-4H3,(H,15,17). The van der Waals surface area contributed by atoms with Crippen LogP contribution in [0.2, 0.25) is 0 Å². The van der Waals surface area contributed by atoms with Crippen LogP contribution in [0.4, 0.5) is 5.13 Å². The van der Waals surface area contributed by atoms with Crippen LogP contribution >= 0.6 is 27.3 Å². The predicted molar refractivity (Wildman–Crippen MR) is 86.3 cm³/mol. The van der Waals surface area contributed by atoms with Gasteiger partial charge in [-0.3, -0.25) is 4.68 Å². The highest BCUT2D eigenvalue weighted by atomic mass is 79.9. The van der Waals surface area contributed by atoms with E-state index in [4.69, 9.17) is 0 Å². The third-order valence-electron chi connectivity index (χ3n) is 2.96. The van der Waals surface area contributed by atoms with Crippen LogP contribution < -0.4 is 5.32 Å². The molecule has 0 bridgehead atoms. The molecule has 0 saturated carbocycles. The van der Waals surface area contributed by atoms with E-state index in [1.54, 1.807) is 11.3 Å². The number of halogens is 1.